The molecular formula is C19H20N2O5S. The average Bonchev–Trinajstić information content (AvgIpc) is 2.85. The number of amides is 1. The lowest BCUT2D eigenvalue weighted by Crippen LogP contribution is -2.31. The highest BCUT2D eigenvalue weighted by Gasteiger charge is 2.20. The van der Waals surface area contributed by atoms with Crippen molar-refractivity contribution in [3.63, 3.8) is 0 Å². The summed E-state index contributed by atoms with van der Waals surface area (Å²) in [5.74, 6) is -1.74. The number of carbonyl (C=O) groups is 1. The number of carbonyl (C=O) groups excluding carboxylic acids is 1. The van der Waals surface area contributed by atoms with Crippen LogP contribution in [0.2, 0.25) is 0 Å². The zero-order valence-electron chi connectivity index (χ0n) is 15.3. The van der Waals surface area contributed by atoms with Gasteiger partial charge in [-0.2, -0.15) is 0 Å². The van der Waals surface area contributed by atoms with Gasteiger partial charge in [0.25, 0.3) is 5.91 Å². The van der Waals surface area contributed by atoms with E-state index in [-0.39, 0.29) is 0 Å². The van der Waals surface area contributed by atoms with Crippen LogP contribution in [0.25, 0.3) is 11.0 Å². The van der Waals surface area contributed by atoms with E-state index in [0.29, 0.717) is 16.5 Å². The first-order valence-electron chi connectivity index (χ1n) is 8.33. The van der Waals surface area contributed by atoms with E-state index >= 15 is 0 Å². The number of nitrogens with zero attached hydrogens (tertiary/aromatic N) is 1. The van der Waals surface area contributed by atoms with Crippen molar-refractivity contribution in [2.75, 3.05) is 11.2 Å². The van der Waals surface area contributed by atoms with Crippen LogP contribution < -0.4 is 11.1 Å². The van der Waals surface area contributed by atoms with Crippen LogP contribution in [0.4, 0.5) is 0 Å². The summed E-state index contributed by atoms with van der Waals surface area (Å²) < 4.78 is 31.7. The molecule has 2 aromatic heterocycles. The minimum Gasteiger partial charge on any atom is -0.423 e. The molecule has 0 saturated carbocycles. The van der Waals surface area contributed by atoms with Gasteiger partial charge in [0.2, 0.25) is 0 Å². The highest BCUT2D eigenvalue weighted by molar-refractivity contribution is 7.91. The fraction of sp³-hybridized carbons (Fsp3) is 0.263. The van der Waals surface area contributed by atoms with Crippen LogP contribution in [-0.2, 0) is 20.4 Å². The summed E-state index contributed by atoms with van der Waals surface area (Å²) in [4.78, 5) is 24.0. The summed E-state index contributed by atoms with van der Waals surface area (Å²) >= 11 is 0. The molecule has 0 saturated heterocycles. The zero-order valence-corrected chi connectivity index (χ0v) is 16.1. The van der Waals surface area contributed by atoms with E-state index in [0.717, 1.165) is 23.0 Å². The molecule has 0 fully saturated rings. The normalized spacial score (nSPS) is 11.7. The number of hydrogen-bond acceptors (Lipinski definition) is 5. The van der Waals surface area contributed by atoms with E-state index in [4.69, 9.17) is 4.42 Å². The van der Waals surface area contributed by atoms with Gasteiger partial charge in [-0.05, 0) is 50.1 Å². The maximum Gasteiger partial charge on any atom is 0.336 e. The fourth-order valence-corrected chi connectivity index (χ4v) is 4.22. The number of rotatable bonds is 5. The second-order valence-electron chi connectivity index (χ2n) is 6.61. The Bertz CT molecular complexity index is 1170. The van der Waals surface area contributed by atoms with Gasteiger partial charge in [0.1, 0.15) is 11.3 Å². The molecule has 1 amide bonds. The number of aryl methyl sites for hydroxylation is 3. The van der Waals surface area contributed by atoms with Crippen LogP contribution in [0.5, 0.6) is 0 Å². The lowest BCUT2D eigenvalue weighted by Gasteiger charge is -2.12. The maximum atomic E-state index is 12.5. The Kier molecular flexibility index (Phi) is 4.93. The molecule has 0 radical (unpaired) electrons. The predicted octanol–water partition coefficient (Wildman–Crippen LogP) is 2.20. The van der Waals surface area contributed by atoms with E-state index in [1.165, 1.54) is 4.68 Å². The molecule has 27 heavy (non-hydrogen) atoms. The Hall–Kier alpha value is -2.87. The number of fused-ring (bicyclic) bond motifs is 1. The fourth-order valence-electron chi connectivity index (χ4n) is 2.95. The van der Waals surface area contributed by atoms with Crippen LogP contribution >= 0.6 is 0 Å². The van der Waals surface area contributed by atoms with Gasteiger partial charge in [0.05, 0.1) is 5.75 Å². The molecule has 0 bridgehead atoms. The number of aromatic nitrogens is 1. The van der Waals surface area contributed by atoms with Crippen LogP contribution in [0.15, 0.2) is 45.6 Å². The smallest absolute Gasteiger partial charge is 0.336 e. The van der Waals surface area contributed by atoms with Gasteiger partial charge >= 0.3 is 5.63 Å². The quantitative estimate of drug-likeness (QED) is 0.676. The molecule has 142 valence electrons. The number of nitrogens with one attached hydrogen (secondary N) is 1. The standard InChI is InChI=1S/C19H20N2O5S/c1-12-4-7-16-15(9-19(23)26-17(16)8-12)10-27(24,25)11-18(22)20-21-13(2)5-6-14(21)3/h4-9H,10-11H2,1-3H3,(H,20,22). The summed E-state index contributed by atoms with van der Waals surface area (Å²) in [6, 6.07) is 10.0. The Morgan fingerprint density at radius 3 is 2.41 bits per heavy atom. The number of hydrogen-bond donors (Lipinski definition) is 1. The Labute approximate surface area is 156 Å². The van der Waals surface area contributed by atoms with E-state index < -0.39 is 32.9 Å². The molecule has 0 aliphatic rings. The molecular weight excluding hydrogens is 368 g/mol. The Morgan fingerprint density at radius 1 is 1.07 bits per heavy atom. The molecule has 2 heterocycles. The minimum atomic E-state index is -3.79. The third kappa shape index (κ3) is 4.28. The molecule has 0 aliphatic heterocycles. The lowest BCUT2D eigenvalue weighted by atomic mass is 10.1. The topological polar surface area (TPSA) is 98.4 Å². The highest BCUT2D eigenvalue weighted by atomic mass is 32.2. The molecule has 8 heteroatoms. The second-order valence-corrected chi connectivity index (χ2v) is 8.67. The molecule has 1 N–H and O–H groups in total. The number of benzene rings is 1. The Balaban J connectivity index is 1.83. The lowest BCUT2D eigenvalue weighted by molar-refractivity contribution is -0.114. The Morgan fingerprint density at radius 2 is 1.74 bits per heavy atom. The summed E-state index contributed by atoms with van der Waals surface area (Å²) in [6.07, 6.45) is 0. The summed E-state index contributed by atoms with van der Waals surface area (Å²) in [6.45, 7) is 5.46. The van der Waals surface area contributed by atoms with Crippen LogP contribution in [0.3, 0.4) is 0 Å². The zero-order chi connectivity index (χ0) is 19.8. The van der Waals surface area contributed by atoms with Crippen LogP contribution in [0, 0.1) is 20.8 Å². The SMILES string of the molecule is Cc1ccc2c(CS(=O)(=O)CC(=O)Nn3c(C)ccc3C)cc(=O)oc2c1. The maximum absolute atomic E-state index is 12.5. The van der Waals surface area contributed by atoms with Crippen molar-refractivity contribution in [1.82, 2.24) is 4.68 Å². The second kappa shape index (κ2) is 7.03. The van der Waals surface area contributed by atoms with E-state index in [2.05, 4.69) is 5.43 Å². The van der Waals surface area contributed by atoms with Crippen molar-refractivity contribution in [2.24, 2.45) is 0 Å². The molecule has 7 nitrogen and oxygen atoms in total. The molecule has 3 aromatic rings. The van der Waals surface area contributed by atoms with E-state index in [1.54, 1.807) is 26.0 Å². The van der Waals surface area contributed by atoms with Gasteiger partial charge in [-0.25, -0.2) is 13.2 Å². The van der Waals surface area contributed by atoms with Crippen molar-refractivity contribution in [1.29, 1.82) is 0 Å². The molecule has 0 spiro atoms. The number of sulfone groups is 1. The molecule has 0 unspecified atom stereocenters. The third-order valence-corrected chi connectivity index (χ3v) is 5.67. The average molecular weight is 388 g/mol. The van der Waals surface area contributed by atoms with E-state index in [9.17, 15) is 18.0 Å². The van der Waals surface area contributed by atoms with Crippen molar-refractivity contribution in [2.45, 2.75) is 26.5 Å². The first-order chi connectivity index (χ1) is 12.6. The van der Waals surface area contributed by atoms with Crippen molar-refractivity contribution in [3.8, 4) is 0 Å². The summed E-state index contributed by atoms with van der Waals surface area (Å²) in [5, 5.41) is 0.543. The summed E-state index contributed by atoms with van der Waals surface area (Å²) in [7, 11) is -3.79. The monoisotopic (exact) mass is 388 g/mol. The molecule has 0 aliphatic carbocycles. The van der Waals surface area contributed by atoms with Gasteiger partial charge in [0, 0.05) is 22.8 Å². The van der Waals surface area contributed by atoms with Crippen LogP contribution in [-0.4, -0.2) is 24.8 Å². The first kappa shape index (κ1) is 18.9. The minimum absolute atomic E-state index is 0.322. The predicted molar refractivity (Wildman–Crippen MR) is 103 cm³/mol. The molecule has 0 atom stereocenters. The van der Waals surface area contributed by atoms with Crippen molar-refractivity contribution in [3.05, 3.63) is 69.3 Å². The van der Waals surface area contributed by atoms with Gasteiger partial charge in [0.15, 0.2) is 9.84 Å². The largest absolute Gasteiger partial charge is 0.423 e. The molecule has 1 aromatic carbocycles. The van der Waals surface area contributed by atoms with Gasteiger partial charge in [-0.15, -0.1) is 0 Å². The van der Waals surface area contributed by atoms with Gasteiger partial charge in [-0.1, -0.05) is 12.1 Å². The highest BCUT2D eigenvalue weighted by Crippen LogP contribution is 2.20. The third-order valence-electron chi connectivity index (χ3n) is 4.22. The van der Waals surface area contributed by atoms with Gasteiger partial charge < -0.3 is 4.42 Å². The van der Waals surface area contributed by atoms with Crippen LogP contribution in [0.1, 0.15) is 22.5 Å². The van der Waals surface area contributed by atoms with Gasteiger partial charge in [-0.3, -0.25) is 14.9 Å². The molecule has 3 rings (SSSR count). The van der Waals surface area contributed by atoms with Crippen molar-refractivity contribution < 1.29 is 17.6 Å². The van der Waals surface area contributed by atoms with Crippen molar-refractivity contribution >= 4 is 26.7 Å². The van der Waals surface area contributed by atoms with E-state index in [1.807, 2.05) is 25.1 Å². The first-order valence-corrected chi connectivity index (χ1v) is 10.2. The summed E-state index contributed by atoms with van der Waals surface area (Å²) in [5.41, 5.74) is 5.08.